The highest BCUT2D eigenvalue weighted by Gasteiger charge is 2.45. The Morgan fingerprint density at radius 1 is 1.15 bits per heavy atom. The lowest BCUT2D eigenvalue weighted by molar-refractivity contribution is -0.142. The molecule has 0 aliphatic carbocycles. The van der Waals surface area contributed by atoms with Crippen LogP contribution in [0.4, 0.5) is 0 Å². The molecule has 2 aromatic carbocycles. The van der Waals surface area contributed by atoms with Gasteiger partial charge in [-0.15, -0.1) is 0 Å². The van der Waals surface area contributed by atoms with Crippen molar-refractivity contribution in [3.63, 3.8) is 0 Å². The first kappa shape index (κ1) is 31.4. The average Bonchev–Trinajstić information content (AvgIpc) is 3.34. The number of amides is 1. The maximum absolute atomic E-state index is 13.2. The van der Waals surface area contributed by atoms with Gasteiger partial charge in [0.05, 0.1) is 11.0 Å². The third-order valence-electron chi connectivity index (χ3n) is 6.52. The molecule has 0 spiro atoms. The lowest BCUT2D eigenvalue weighted by atomic mass is 10.0. The molecule has 2 aromatic rings. The molecule has 3 N–H and O–H groups in total. The summed E-state index contributed by atoms with van der Waals surface area (Å²) in [4.78, 5) is 41.6. The molecule has 0 saturated carbocycles. The summed E-state index contributed by atoms with van der Waals surface area (Å²) in [6.07, 6.45) is 2.04. The number of nitrogens with one attached hydrogen (secondary N) is 2. The Balaban J connectivity index is 1.59. The zero-order chi connectivity index (χ0) is 30.0. The first-order valence-corrected chi connectivity index (χ1v) is 14.4. The number of carboxylic acid groups (broad SMARTS) is 1. The maximum atomic E-state index is 13.2. The van der Waals surface area contributed by atoms with Crippen molar-refractivity contribution < 1.29 is 32.6 Å². The molecule has 1 aliphatic rings. The highest BCUT2D eigenvalue weighted by molar-refractivity contribution is 7.89. The van der Waals surface area contributed by atoms with Crippen molar-refractivity contribution in [2.24, 2.45) is 4.99 Å². The highest BCUT2D eigenvalue weighted by Crippen LogP contribution is 2.26. The number of carboxylic acids is 1. The number of sulfonamides is 1. The standard InChI is InChI=1S/C28H33N5O7S/c1-19-26(33(18-40-19)41(38,39)24-8-4-3-5-9-24)27(35)32-25(28(36)37)16-22-12-10-21(11-13-22)15-23(34)7-6-14-30-20(2)31-17-29/h3-5,8-13,19,25-26H,6-7,14-16,18H2,1-2H3,(H,30,31)(H,32,35)(H,36,37)/t19?,25-,26-/m0/s1. The fraction of sp³-hybridized carbons (Fsp3) is 0.393. The largest absolute Gasteiger partial charge is 0.480 e. The van der Waals surface area contributed by atoms with E-state index >= 15 is 0 Å². The van der Waals surface area contributed by atoms with Gasteiger partial charge in [-0.1, -0.05) is 42.5 Å². The van der Waals surface area contributed by atoms with Gasteiger partial charge < -0.3 is 15.2 Å². The Hall–Kier alpha value is -4.12. The van der Waals surface area contributed by atoms with Crippen molar-refractivity contribution in [1.29, 1.82) is 5.26 Å². The van der Waals surface area contributed by atoms with Crippen LogP contribution in [-0.4, -0.2) is 72.8 Å². The molecule has 1 amide bonds. The van der Waals surface area contributed by atoms with E-state index in [9.17, 15) is 27.9 Å². The molecule has 1 saturated heterocycles. The van der Waals surface area contributed by atoms with Gasteiger partial charge >= 0.3 is 5.97 Å². The van der Waals surface area contributed by atoms with Gasteiger partial charge in [-0.05, 0) is 43.5 Å². The van der Waals surface area contributed by atoms with Crippen molar-refractivity contribution in [3.8, 4) is 6.19 Å². The van der Waals surface area contributed by atoms with Gasteiger partial charge in [0.25, 0.3) is 0 Å². The van der Waals surface area contributed by atoms with E-state index in [1.807, 2.05) is 0 Å². The summed E-state index contributed by atoms with van der Waals surface area (Å²) in [5, 5.41) is 23.2. The van der Waals surface area contributed by atoms with Gasteiger partial charge in [-0.2, -0.15) is 9.57 Å². The second kappa shape index (κ2) is 14.5. The number of amidine groups is 1. The van der Waals surface area contributed by atoms with Crippen LogP contribution in [0.15, 0.2) is 64.5 Å². The van der Waals surface area contributed by atoms with E-state index in [1.165, 1.54) is 12.1 Å². The minimum Gasteiger partial charge on any atom is -0.480 e. The first-order valence-electron chi connectivity index (χ1n) is 13.0. The number of hydrogen-bond acceptors (Lipinski definition) is 8. The molecular formula is C28H33N5O7S. The van der Waals surface area contributed by atoms with Crippen LogP contribution in [-0.2, 0) is 42.0 Å². The zero-order valence-corrected chi connectivity index (χ0v) is 23.6. The molecule has 218 valence electrons. The van der Waals surface area contributed by atoms with Crippen molar-refractivity contribution in [2.45, 2.75) is 62.6 Å². The Bertz CT molecular complexity index is 1410. The van der Waals surface area contributed by atoms with E-state index in [4.69, 9.17) is 10.00 Å². The predicted molar refractivity (Wildman–Crippen MR) is 149 cm³/mol. The van der Waals surface area contributed by atoms with E-state index in [0.29, 0.717) is 30.8 Å². The second-order valence-electron chi connectivity index (χ2n) is 9.59. The lowest BCUT2D eigenvalue weighted by Gasteiger charge is -2.25. The Kier molecular flexibility index (Phi) is 11.1. The number of nitrogens with zero attached hydrogens (tertiary/aromatic N) is 3. The van der Waals surface area contributed by atoms with Crippen molar-refractivity contribution in [1.82, 2.24) is 14.9 Å². The van der Waals surface area contributed by atoms with E-state index < -0.39 is 40.1 Å². The lowest BCUT2D eigenvalue weighted by Crippen LogP contribution is -2.54. The van der Waals surface area contributed by atoms with Crippen LogP contribution in [0.2, 0.25) is 0 Å². The molecule has 13 heteroatoms. The number of benzene rings is 2. The molecule has 1 fully saturated rings. The topological polar surface area (TPSA) is 178 Å². The summed E-state index contributed by atoms with van der Waals surface area (Å²) in [5.41, 5.74) is 1.38. The minimum absolute atomic E-state index is 0.000330. The number of ether oxygens (including phenoxy) is 1. The third-order valence-corrected chi connectivity index (χ3v) is 8.33. The van der Waals surface area contributed by atoms with E-state index in [1.54, 1.807) is 62.5 Å². The van der Waals surface area contributed by atoms with E-state index in [2.05, 4.69) is 15.6 Å². The van der Waals surface area contributed by atoms with Gasteiger partial charge in [0, 0.05) is 25.8 Å². The number of carbonyl (C=O) groups is 3. The van der Waals surface area contributed by atoms with Crippen LogP contribution in [0, 0.1) is 11.5 Å². The van der Waals surface area contributed by atoms with Crippen molar-refractivity contribution in [3.05, 3.63) is 65.7 Å². The SMILES string of the molecule is CC(=NCCCC(=O)Cc1ccc(C[C@H](NC(=O)[C@@H]2C(C)OCN2S(=O)(=O)c2ccccc2)C(=O)O)cc1)NC#N. The second-order valence-corrected chi connectivity index (χ2v) is 11.5. The number of rotatable bonds is 13. The molecule has 1 heterocycles. The number of aliphatic carboxylic acids is 1. The fourth-order valence-electron chi connectivity index (χ4n) is 4.33. The molecule has 41 heavy (non-hydrogen) atoms. The van der Waals surface area contributed by atoms with Gasteiger partial charge in [0.2, 0.25) is 15.9 Å². The summed E-state index contributed by atoms with van der Waals surface area (Å²) in [7, 11) is -4.06. The summed E-state index contributed by atoms with van der Waals surface area (Å²) in [6, 6.07) is 11.9. The monoisotopic (exact) mass is 583 g/mol. The summed E-state index contributed by atoms with van der Waals surface area (Å²) < 4.78 is 32.7. The molecule has 1 unspecified atom stereocenters. The zero-order valence-electron chi connectivity index (χ0n) is 22.8. The summed E-state index contributed by atoms with van der Waals surface area (Å²) in [6.45, 7) is 3.32. The van der Waals surface area contributed by atoms with Gasteiger partial charge in [-0.3, -0.25) is 19.9 Å². The van der Waals surface area contributed by atoms with Gasteiger partial charge in [0.1, 0.15) is 30.4 Å². The van der Waals surface area contributed by atoms with E-state index in [0.717, 1.165) is 9.87 Å². The maximum Gasteiger partial charge on any atom is 0.326 e. The minimum atomic E-state index is -4.06. The van der Waals surface area contributed by atoms with Crippen molar-refractivity contribution >= 4 is 33.5 Å². The number of carbonyl (C=O) groups excluding carboxylic acids is 2. The molecule has 1 aliphatic heterocycles. The van der Waals surface area contributed by atoms with Crippen LogP contribution in [0.25, 0.3) is 0 Å². The van der Waals surface area contributed by atoms with Crippen LogP contribution >= 0.6 is 0 Å². The molecule has 12 nitrogen and oxygen atoms in total. The number of ketones is 1. The first-order chi connectivity index (χ1) is 19.5. The molecule has 0 bridgehead atoms. The smallest absolute Gasteiger partial charge is 0.326 e. The van der Waals surface area contributed by atoms with Gasteiger partial charge in [0.15, 0.2) is 6.19 Å². The predicted octanol–water partition coefficient (Wildman–Crippen LogP) is 1.62. The normalized spacial score (nSPS) is 18.3. The summed E-state index contributed by atoms with van der Waals surface area (Å²) >= 11 is 0. The fourth-order valence-corrected chi connectivity index (χ4v) is 5.87. The Morgan fingerprint density at radius 3 is 2.44 bits per heavy atom. The number of Topliss-reactive ketones (excluding diaryl/α,β-unsaturated/α-hetero) is 1. The van der Waals surface area contributed by atoms with Crippen molar-refractivity contribution in [2.75, 3.05) is 13.3 Å². The highest BCUT2D eigenvalue weighted by atomic mass is 32.2. The third kappa shape index (κ3) is 8.68. The van der Waals surface area contributed by atoms with Gasteiger partial charge in [-0.25, -0.2) is 13.2 Å². The molecular weight excluding hydrogens is 550 g/mol. The molecule has 3 atom stereocenters. The van der Waals surface area contributed by atoms with Crippen LogP contribution in [0.1, 0.15) is 37.8 Å². The van der Waals surface area contributed by atoms with E-state index in [-0.39, 0.29) is 30.3 Å². The van der Waals surface area contributed by atoms with Crippen LogP contribution < -0.4 is 10.6 Å². The quantitative estimate of drug-likeness (QED) is 0.104. The molecule has 0 radical (unpaired) electrons. The number of aliphatic imine (C=N–C) groups is 1. The average molecular weight is 584 g/mol. The number of nitriles is 1. The molecule has 0 aromatic heterocycles. The number of hydrogen-bond donors (Lipinski definition) is 3. The summed E-state index contributed by atoms with van der Waals surface area (Å²) in [5.74, 6) is -1.53. The van der Waals surface area contributed by atoms with Crippen LogP contribution in [0.5, 0.6) is 0 Å². The Labute approximate surface area is 239 Å². The molecule has 3 rings (SSSR count). The van der Waals surface area contributed by atoms with Crippen LogP contribution in [0.3, 0.4) is 0 Å². The Morgan fingerprint density at radius 2 is 1.80 bits per heavy atom.